The van der Waals surface area contributed by atoms with Crippen molar-refractivity contribution in [2.75, 3.05) is 19.7 Å². The van der Waals surface area contributed by atoms with Crippen LogP contribution in [-0.4, -0.2) is 80.4 Å². The molecule has 48 heavy (non-hydrogen) atoms. The van der Waals surface area contributed by atoms with E-state index in [1.54, 1.807) is 48.3 Å². The Hall–Kier alpha value is -3.62. The van der Waals surface area contributed by atoms with Gasteiger partial charge in [0.05, 0.1) is 48.0 Å². The van der Waals surface area contributed by atoms with Gasteiger partial charge in [-0.25, -0.2) is 22.8 Å². The van der Waals surface area contributed by atoms with Crippen molar-refractivity contribution in [3.63, 3.8) is 0 Å². The first-order valence-corrected chi connectivity index (χ1v) is 19.3. The molecule has 1 amide bonds. The topological polar surface area (TPSA) is 109 Å². The van der Waals surface area contributed by atoms with Crippen molar-refractivity contribution in [3.8, 4) is 17.0 Å². The Labute approximate surface area is 285 Å². The zero-order chi connectivity index (χ0) is 35.2. The average Bonchev–Trinajstić information content (AvgIpc) is 3.56. The number of halogens is 3. The number of rotatable bonds is 8. The zero-order valence-corrected chi connectivity index (χ0v) is 30.7. The first kappa shape index (κ1) is 35.7. The van der Waals surface area contributed by atoms with Crippen LogP contribution in [0, 0.1) is 12.7 Å². The van der Waals surface area contributed by atoms with E-state index in [9.17, 15) is 9.18 Å². The predicted octanol–water partition coefficient (Wildman–Crippen LogP) is 7.75. The highest BCUT2D eigenvalue weighted by atomic mass is 35.5. The number of nitrogens with zero attached hydrogens (tertiary/aromatic N) is 7. The monoisotopic (exact) mass is 703 g/mol. The minimum absolute atomic E-state index is 0.0515. The van der Waals surface area contributed by atoms with Crippen LogP contribution in [0.1, 0.15) is 71.5 Å². The lowest BCUT2D eigenvalue weighted by Crippen LogP contribution is -2.47. The summed E-state index contributed by atoms with van der Waals surface area (Å²) in [5.41, 5.74) is 2.08. The number of carbonyl (C=O) groups excluding carboxylic acids is 1. The molecule has 11 nitrogen and oxygen atoms in total. The fourth-order valence-corrected chi connectivity index (χ4v) is 6.49. The lowest BCUT2D eigenvalue weighted by atomic mass is 10.0. The molecule has 5 rings (SSSR count). The molecule has 5 heterocycles. The molecule has 0 spiro atoms. The number of ether oxygens (including phenoxy) is 2. The summed E-state index contributed by atoms with van der Waals surface area (Å²) >= 11 is 6.59. The second kappa shape index (κ2) is 13.4. The van der Waals surface area contributed by atoms with Gasteiger partial charge in [0.1, 0.15) is 34.6 Å². The molecule has 0 radical (unpaired) electrons. The number of aromatic nitrogens is 6. The van der Waals surface area contributed by atoms with Crippen LogP contribution in [0.25, 0.3) is 16.8 Å². The van der Waals surface area contributed by atoms with E-state index in [4.69, 9.17) is 25.5 Å². The second-order valence-electron chi connectivity index (χ2n) is 14.7. The first-order chi connectivity index (χ1) is 22.3. The van der Waals surface area contributed by atoms with Gasteiger partial charge in [-0.2, -0.15) is 5.10 Å². The summed E-state index contributed by atoms with van der Waals surface area (Å²) in [6, 6.07) is 4.07. The van der Waals surface area contributed by atoms with E-state index in [0.29, 0.717) is 51.9 Å². The van der Waals surface area contributed by atoms with E-state index >= 15 is 4.39 Å². The Morgan fingerprint density at radius 2 is 1.90 bits per heavy atom. The maximum atomic E-state index is 15.6. The lowest BCUT2D eigenvalue weighted by Gasteiger charge is -2.37. The number of likely N-dealkylation sites (tertiary alicyclic amines) is 1. The molecule has 0 N–H and O–H groups in total. The van der Waals surface area contributed by atoms with Crippen molar-refractivity contribution in [2.24, 2.45) is 0 Å². The van der Waals surface area contributed by atoms with Crippen molar-refractivity contribution < 1.29 is 27.5 Å². The number of hydrogen-bond acceptors (Lipinski definition) is 8. The van der Waals surface area contributed by atoms with Gasteiger partial charge in [-0.15, -0.1) is 5.10 Å². The average molecular weight is 704 g/mol. The summed E-state index contributed by atoms with van der Waals surface area (Å²) in [5.74, 6) is -0.0800. The maximum Gasteiger partial charge on any atom is 0.410 e. The summed E-state index contributed by atoms with van der Waals surface area (Å²) in [5, 5.41) is 13.5. The second-order valence-corrected chi connectivity index (χ2v) is 19.9. The molecule has 1 aliphatic rings. The molecule has 0 aliphatic carbocycles. The van der Waals surface area contributed by atoms with Crippen LogP contribution >= 0.6 is 11.6 Å². The fraction of sp³-hybridized carbons (Fsp3) is 0.545. The van der Waals surface area contributed by atoms with Gasteiger partial charge in [0, 0.05) is 18.3 Å². The van der Waals surface area contributed by atoms with Crippen molar-refractivity contribution >= 4 is 31.5 Å². The van der Waals surface area contributed by atoms with Crippen LogP contribution in [0.15, 0.2) is 36.8 Å². The Kier molecular flexibility index (Phi) is 9.93. The zero-order valence-electron chi connectivity index (χ0n) is 28.9. The van der Waals surface area contributed by atoms with Gasteiger partial charge in [-0.3, -0.25) is 4.98 Å². The summed E-state index contributed by atoms with van der Waals surface area (Å²) < 4.78 is 51.2. The number of pyridine rings is 2. The Morgan fingerprint density at radius 1 is 1.17 bits per heavy atom. The summed E-state index contributed by atoms with van der Waals surface area (Å²) in [7, 11) is -2.20. The maximum absolute atomic E-state index is 15.6. The molecular formula is C33H44ClF2N7O4Si. The first-order valence-electron chi connectivity index (χ1n) is 16.0. The molecular weight excluding hydrogens is 660 g/mol. The van der Waals surface area contributed by atoms with Gasteiger partial charge in [-0.05, 0) is 70.4 Å². The number of amides is 1. The highest BCUT2D eigenvalue weighted by Gasteiger charge is 2.39. The Morgan fingerprint density at radius 3 is 2.52 bits per heavy atom. The molecule has 1 aliphatic heterocycles. The van der Waals surface area contributed by atoms with Crippen LogP contribution in [0.4, 0.5) is 13.6 Å². The van der Waals surface area contributed by atoms with Gasteiger partial charge in [0.2, 0.25) is 0 Å². The third-order valence-corrected chi connectivity index (χ3v) is 13.7. The number of piperidine rings is 1. The third kappa shape index (κ3) is 7.65. The van der Waals surface area contributed by atoms with E-state index < -0.39 is 44.1 Å². The Bertz CT molecular complexity index is 1770. The van der Waals surface area contributed by atoms with E-state index in [-0.39, 0.29) is 18.2 Å². The number of hydrogen-bond donors (Lipinski definition) is 0. The van der Waals surface area contributed by atoms with Crippen LogP contribution in [-0.2, 0) is 9.16 Å². The van der Waals surface area contributed by atoms with Crippen molar-refractivity contribution in [3.05, 3.63) is 59.0 Å². The van der Waals surface area contributed by atoms with Gasteiger partial charge in [0.25, 0.3) is 0 Å². The SMILES string of the molecule is Cc1c(-c2cc(OC(CO[Si](C)(C)C(C)(C)C)c3ccc(F)cn3)c3c(Cl)cnn3c2)nnn1[C@@H]1CCN(C(=O)OC(C)(C)C)C[C@@H]1F. The molecule has 260 valence electrons. The fourth-order valence-electron chi connectivity index (χ4n) is 5.26. The van der Waals surface area contributed by atoms with Crippen LogP contribution in [0.5, 0.6) is 5.75 Å². The number of alkyl halides is 1. The molecule has 4 aromatic rings. The molecule has 3 atom stereocenters. The minimum Gasteiger partial charge on any atom is -0.479 e. The van der Waals surface area contributed by atoms with E-state index in [1.807, 2.05) is 6.92 Å². The van der Waals surface area contributed by atoms with E-state index in [2.05, 4.69) is 54.3 Å². The molecule has 0 saturated carbocycles. The molecule has 0 aromatic carbocycles. The largest absolute Gasteiger partial charge is 0.479 e. The van der Waals surface area contributed by atoms with Gasteiger partial charge in [-0.1, -0.05) is 37.6 Å². The minimum atomic E-state index is -2.20. The van der Waals surface area contributed by atoms with Crippen LogP contribution in [0.2, 0.25) is 23.2 Å². The van der Waals surface area contributed by atoms with Crippen molar-refractivity contribution in [2.45, 2.75) is 96.9 Å². The van der Waals surface area contributed by atoms with Crippen LogP contribution in [0.3, 0.4) is 0 Å². The molecule has 4 aromatic heterocycles. The van der Waals surface area contributed by atoms with Crippen molar-refractivity contribution in [1.82, 2.24) is 34.5 Å². The molecule has 1 saturated heterocycles. The number of carbonyl (C=O) groups is 1. The van der Waals surface area contributed by atoms with E-state index in [1.165, 1.54) is 17.2 Å². The van der Waals surface area contributed by atoms with E-state index in [0.717, 1.165) is 6.20 Å². The van der Waals surface area contributed by atoms with Crippen molar-refractivity contribution in [1.29, 1.82) is 0 Å². The lowest BCUT2D eigenvalue weighted by molar-refractivity contribution is 0.00546. The van der Waals surface area contributed by atoms with Gasteiger partial charge < -0.3 is 18.8 Å². The summed E-state index contributed by atoms with van der Waals surface area (Å²) in [6.07, 6.45) is 2.13. The normalized spacial score (nSPS) is 18.3. The predicted molar refractivity (Wildman–Crippen MR) is 181 cm³/mol. The Balaban J connectivity index is 1.45. The molecule has 1 fully saturated rings. The highest BCUT2D eigenvalue weighted by molar-refractivity contribution is 6.74. The molecule has 15 heteroatoms. The smallest absolute Gasteiger partial charge is 0.410 e. The highest BCUT2D eigenvalue weighted by Crippen LogP contribution is 2.39. The quantitative estimate of drug-likeness (QED) is 0.172. The number of fused-ring (bicyclic) bond motifs is 1. The molecule has 1 unspecified atom stereocenters. The van der Waals surface area contributed by atoms with Gasteiger partial charge in [0.15, 0.2) is 14.4 Å². The third-order valence-electron chi connectivity index (χ3n) is 8.96. The standard InChI is InChI=1S/C33H44ClF2N7O4Si/c1-20-29(39-40-43(20)26-12-13-41(18-24(26)36)31(44)47-32(2,3)4)21-14-27(30-23(34)16-38-42(30)17-21)46-28(25-11-10-22(35)15-37-25)19-45-48(8,9)33(5,6)7/h10-11,14-17,24,26,28H,12-13,18-19H2,1-9H3/t24-,26+,28?/m0/s1. The van der Waals surface area contributed by atoms with Gasteiger partial charge >= 0.3 is 6.09 Å². The molecule has 0 bridgehead atoms. The summed E-state index contributed by atoms with van der Waals surface area (Å²) in [6.45, 7) is 18.3. The summed E-state index contributed by atoms with van der Waals surface area (Å²) in [4.78, 5) is 18.3. The van der Waals surface area contributed by atoms with Crippen LogP contribution < -0.4 is 4.74 Å².